The van der Waals surface area contributed by atoms with Gasteiger partial charge < -0.3 is 9.47 Å². The SMILES string of the molecule is CCCC1CC(C#N)(OC)CCO1. The molecule has 1 fully saturated rings. The maximum absolute atomic E-state index is 9.00. The lowest BCUT2D eigenvalue weighted by molar-refractivity contribution is -0.0951. The van der Waals surface area contributed by atoms with Crippen molar-refractivity contribution in [3.8, 4) is 6.07 Å². The molecule has 3 nitrogen and oxygen atoms in total. The van der Waals surface area contributed by atoms with E-state index in [1.54, 1.807) is 7.11 Å². The second kappa shape index (κ2) is 4.59. The Morgan fingerprint density at radius 2 is 2.46 bits per heavy atom. The first-order chi connectivity index (χ1) is 6.26. The average molecular weight is 183 g/mol. The Hall–Kier alpha value is -0.590. The molecule has 0 bridgehead atoms. The second-order valence-electron chi connectivity index (χ2n) is 3.55. The molecule has 0 aromatic rings. The molecular formula is C10H17NO2. The summed E-state index contributed by atoms with van der Waals surface area (Å²) in [4.78, 5) is 0. The van der Waals surface area contributed by atoms with Crippen LogP contribution < -0.4 is 0 Å². The van der Waals surface area contributed by atoms with E-state index in [-0.39, 0.29) is 6.10 Å². The van der Waals surface area contributed by atoms with E-state index >= 15 is 0 Å². The molecule has 0 aromatic carbocycles. The summed E-state index contributed by atoms with van der Waals surface area (Å²) in [7, 11) is 1.61. The van der Waals surface area contributed by atoms with Crippen molar-refractivity contribution >= 4 is 0 Å². The number of nitrogens with zero attached hydrogens (tertiary/aromatic N) is 1. The molecule has 0 amide bonds. The summed E-state index contributed by atoms with van der Waals surface area (Å²) in [5.41, 5.74) is -0.585. The molecule has 0 spiro atoms. The number of methoxy groups -OCH3 is 1. The van der Waals surface area contributed by atoms with Gasteiger partial charge in [0, 0.05) is 20.0 Å². The van der Waals surface area contributed by atoms with Crippen molar-refractivity contribution in [1.82, 2.24) is 0 Å². The van der Waals surface area contributed by atoms with Crippen LogP contribution in [0.1, 0.15) is 32.6 Å². The third-order valence-corrected chi connectivity index (χ3v) is 2.62. The van der Waals surface area contributed by atoms with Gasteiger partial charge in [0.1, 0.15) is 0 Å². The first-order valence-electron chi connectivity index (χ1n) is 4.84. The highest BCUT2D eigenvalue weighted by atomic mass is 16.5. The van der Waals surface area contributed by atoms with E-state index in [9.17, 15) is 0 Å². The number of rotatable bonds is 3. The van der Waals surface area contributed by atoms with Gasteiger partial charge >= 0.3 is 0 Å². The van der Waals surface area contributed by atoms with Crippen LogP contribution in [-0.2, 0) is 9.47 Å². The third kappa shape index (κ3) is 2.43. The van der Waals surface area contributed by atoms with Gasteiger partial charge in [-0.3, -0.25) is 0 Å². The number of hydrogen-bond acceptors (Lipinski definition) is 3. The molecule has 1 heterocycles. The summed E-state index contributed by atoms with van der Waals surface area (Å²) in [6.45, 7) is 2.77. The molecule has 2 unspecified atom stereocenters. The zero-order chi connectivity index (χ0) is 9.73. The molecular weight excluding hydrogens is 166 g/mol. The van der Waals surface area contributed by atoms with Crippen LogP contribution in [-0.4, -0.2) is 25.4 Å². The van der Waals surface area contributed by atoms with E-state index in [0.717, 1.165) is 12.8 Å². The molecule has 1 saturated heterocycles. The number of nitriles is 1. The molecule has 2 atom stereocenters. The van der Waals surface area contributed by atoms with Gasteiger partial charge in [-0.25, -0.2) is 0 Å². The molecule has 1 rings (SSSR count). The van der Waals surface area contributed by atoms with Crippen LogP contribution in [0.3, 0.4) is 0 Å². The van der Waals surface area contributed by atoms with Crippen LogP contribution in [0.15, 0.2) is 0 Å². The van der Waals surface area contributed by atoms with Gasteiger partial charge in [-0.2, -0.15) is 5.26 Å². The van der Waals surface area contributed by atoms with Gasteiger partial charge in [-0.15, -0.1) is 0 Å². The minimum absolute atomic E-state index is 0.207. The van der Waals surface area contributed by atoms with Crippen molar-refractivity contribution in [1.29, 1.82) is 5.26 Å². The van der Waals surface area contributed by atoms with Gasteiger partial charge in [0.05, 0.1) is 18.8 Å². The molecule has 3 heteroatoms. The Labute approximate surface area is 79.6 Å². The van der Waals surface area contributed by atoms with Crippen molar-refractivity contribution in [3.05, 3.63) is 0 Å². The van der Waals surface area contributed by atoms with Crippen LogP contribution in [0.2, 0.25) is 0 Å². The fourth-order valence-corrected chi connectivity index (χ4v) is 1.76. The van der Waals surface area contributed by atoms with Crippen molar-refractivity contribution in [2.45, 2.75) is 44.3 Å². The normalized spacial score (nSPS) is 34.1. The summed E-state index contributed by atoms with van der Waals surface area (Å²) >= 11 is 0. The Morgan fingerprint density at radius 1 is 1.69 bits per heavy atom. The second-order valence-corrected chi connectivity index (χ2v) is 3.55. The van der Waals surface area contributed by atoms with E-state index < -0.39 is 5.60 Å². The Morgan fingerprint density at radius 3 is 3.00 bits per heavy atom. The van der Waals surface area contributed by atoms with Crippen molar-refractivity contribution < 1.29 is 9.47 Å². The quantitative estimate of drug-likeness (QED) is 0.670. The summed E-state index contributed by atoms with van der Waals surface area (Å²) in [6, 6.07) is 2.25. The molecule has 1 aliphatic rings. The van der Waals surface area contributed by atoms with Gasteiger partial charge in [-0.05, 0) is 6.42 Å². The fourth-order valence-electron chi connectivity index (χ4n) is 1.76. The van der Waals surface area contributed by atoms with Gasteiger partial charge in [0.2, 0.25) is 0 Å². The molecule has 0 aromatic heterocycles. The maximum Gasteiger partial charge on any atom is 0.158 e. The highest BCUT2D eigenvalue weighted by molar-refractivity contribution is 5.04. The zero-order valence-electron chi connectivity index (χ0n) is 8.38. The zero-order valence-corrected chi connectivity index (χ0v) is 8.38. The fraction of sp³-hybridized carbons (Fsp3) is 0.900. The number of ether oxygens (including phenoxy) is 2. The topological polar surface area (TPSA) is 42.2 Å². The molecule has 0 saturated carbocycles. The predicted molar refractivity (Wildman–Crippen MR) is 49.2 cm³/mol. The summed E-state index contributed by atoms with van der Waals surface area (Å²) in [5.74, 6) is 0. The van der Waals surface area contributed by atoms with E-state index in [2.05, 4.69) is 13.0 Å². The van der Waals surface area contributed by atoms with Gasteiger partial charge in [0.15, 0.2) is 5.60 Å². The Bertz CT molecular complexity index is 198. The maximum atomic E-state index is 9.00. The molecule has 0 N–H and O–H groups in total. The lowest BCUT2D eigenvalue weighted by Crippen LogP contribution is -2.41. The van der Waals surface area contributed by atoms with Gasteiger partial charge in [0.25, 0.3) is 0 Å². The van der Waals surface area contributed by atoms with Crippen LogP contribution >= 0.6 is 0 Å². The highest BCUT2D eigenvalue weighted by Gasteiger charge is 2.36. The highest BCUT2D eigenvalue weighted by Crippen LogP contribution is 2.29. The minimum Gasteiger partial charge on any atom is -0.378 e. The molecule has 1 aliphatic heterocycles. The van der Waals surface area contributed by atoms with Crippen molar-refractivity contribution in [2.75, 3.05) is 13.7 Å². The van der Waals surface area contributed by atoms with Crippen LogP contribution in [0, 0.1) is 11.3 Å². The third-order valence-electron chi connectivity index (χ3n) is 2.62. The lowest BCUT2D eigenvalue weighted by atomic mass is 9.90. The van der Waals surface area contributed by atoms with Crippen molar-refractivity contribution in [2.24, 2.45) is 0 Å². The summed E-state index contributed by atoms with van der Waals surface area (Å²) < 4.78 is 10.8. The van der Waals surface area contributed by atoms with E-state index in [4.69, 9.17) is 14.7 Å². The van der Waals surface area contributed by atoms with Gasteiger partial charge in [-0.1, -0.05) is 13.3 Å². The largest absolute Gasteiger partial charge is 0.378 e. The molecule has 74 valence electrons. The monoisotopic (exact) mass is 183 g/mol. The van der Waals surface area contributed by atoms with Crippen LogP contribution in [0.5, 0.6) is 0 Å². The lowest BCUT2D eigenvalue weighted by Gasteiger charge is -2.34. The minimum atomic E-state index is -0.585. The van der Waals surface area contributed by atoms with Crippen LogP contribution in [0.25, 0.3) is 0 Å². The summed E-state index contributed by atoms with van der Waals surface area (Å²) in [5, 5.41) is 9.00. The van der Waals surface area contributed by atoms with Crippen LogP contribution in [0.4, 0.5) is 0 Å². The Balaban J connectivity index is 2.54. The molecule has 0 aliphatic carbocycles. The first kappa shape index (κ1) is 10.5. The van der Waals surface area contributed by atoms with Crippen molar-refractivity contribution in [3.63, 3.8) is 0 Å². The predicted octanol–water partition coefficient (Wildman–Crippen LogP) is 1.87. The molecule has 13 heavy (non-hydrogen) atoms. The van der Waals surface area contributed by atoms with E-state index in [1.165, 1.54) is 0 Å². The standard InChI is InChI=1S/C10H17NO2/c1-3-4-9-7-10(8-11,12-2)5-6-13-9/h9H,3-7H2,1-2H3. The van der Waals surface area contributed by atoms with E-state index in [1.807, 2.05) is 0 Å². The smallest absolute Gasteiger partial charge is 0.158 e. The Kier molecular flexibility index (Phi) is 3.71. The summed E-state index contributed by atoms with van der Waals surface area (Å²) in [6.07, 6.45) is 3.73. The molecule has 0 radical (unpaired) electrons. The van der Waals surface area contributed by atoms with E-state index in [0.29, 0.717) is 19.4 Å². The average Bonchev–Trinajstić information content (AvgIpc) is 2.19. The number of hydrogen-bond donors (Lipinski definition) is 0. The first-order valence-corrected chi connectivity index (χ1v) is 4.84.